The van der Waals surface area contributed by atoms with Crippen LogP contribution in [-0.2, 0) is 11.8 Å². The molecule has 4 heteroatoms. The lowest BCUT2D eigenvalue weighted by Gasteiger charge is -2.56. The molecule has 0 aromatic heterocycles. The van der Waals surface area contributed by atoms with Gasteiger partial charge in [-0.25, -0.2) is 0 Å². The lowest BCUT2D eigenvalue weighted by atomic mass is 9.53. The van der Waals surface area contributed by atoms with Gasteiger partial charge in [-0.1, -0.05) is 18.2 Å². The Kier molecular flexibility index (Phi) is 1.21. The van der Waals surface area contributed by atoms with Crippen LogP contribution in [0, 0.1) is 5.89 Å². The van der Waals surface area contributed by atoms with Crippen molar-refractivity contribution in [3.05, 3.63) is 35.4 Å². The van der Waals surface area contributed by atoms with Crippen molar-refractivity contribution in [3.63, 3.8) is 0 Å². The molecule has 0 saturated carbocycles. The molecule has 0 radical (unpaired) electrons. The molecule has 2 unspecified atom stereocenters. The van der Waals surface area contributed by atoms with E-state index in [1.807, 2.05) is 0 Å². The summed E-state index contributed by atoms with van der Waals surface area (Å²) in [7, 11) is -2.94. The summed E-state index contributed by atoms with van der Waals surface area (Å²) in [5.41, 5.74) is -0.988. The van der Waals surface area contributed by atoms with Gasteiger partial charge in [-0.05, 0) is 38.0 Å². The van der Waals surface area contributed by atoms with E-state index in [-0.39, 0.29) is 36.3 Å². The van der Waals surface area contributed by atoms with Gasteiger partial charge in [0.05, 0.1) is 13.9 Å². The molecule has 1 aromatic carbocycles. The first kappa shape index (κ1) is 6.54. The van der Waals surface area contributed by atoms with Crippen molar-refractivity contribution >= 4 is 0 Å². The first-order valence-corrected chi connectivity index (χ1v) is 7.26. The van der Waals surface area contributed by atoms with Crippen LogP contribution in [0.25, 0.3) is 0 Å². The molecule has 2 bridgehead atoms. The fraction of sp³-hybridized carbons (Fsp3) is 0.556. The second-order valence-electron chi connectivity index (χ2n) is 6.16. The maximum Gasteiger partial charge on any atom is 0.165 e. The molecule has 1 aromatic rings. The summed E-state index contributed by atoms with van der Waals surface area (Å²) in [6.07, 6.45) is -0.0443. The third-order valence-corrected chi connectivity index (χ3v) is 5.30. The van der Waals surface area contributed by atoms with Crippen LogP contribution in [0.4, 0.5) is 0 Å². The van der Waals surface area contributed by atoms with E-state index in [1.54, 1.807) is 0 Å². The number of hydrogen-bond acceptors (Lipinski definition) is 4. The summed E-state index contributed by atoms with van der Waals surface area (Å²) in [5.74, 6) is -2.48. The van der Waals surface area contributed by atoms with Gasteiger partial charge in [-0.3, -0.25) is 0 Å². The smallest absolute Gasteiger partial charge is 0.165 e. The number of methoxy groups -OCH3 is 1. The molecule has 5 rings (SSSR count). The maximum atomic E-state index is 10.8. The minimum atomic E-state index is -2.94. The molecule has 1 spiro atoms. The normalized spacial score (nSPS) is 55.5. The van der Waals surface area contributed by atoms with E-state index in [0.29, 0.717) is 0 Å². The number of aliphatic hydroxyl groups is 1. The zero-order chi connectivity index (χ0) is 23.6. The van der Waals surface area contributed by atoms with Gasteiger partial charge in [-0.2, -0.15) is 0 Å². The first-order valence-electron chi connectivity index (χ1n) is 12.3. The number of benzene rings is 1. The Hall–Kier alpha value is -1.52. The Balaban J connectivity index is 1.87. The van der Waals surface area contributed by atoms with Crippen LogP contribution in [0.15, 0.2) is 24.2 Å². The van der Waals surface area contributed by atoms with Crippen molar-refractivity contribution in [3.8, 4) is 11.5 Å². The summed E-state index contributed by atoms with van der Waals surface area (Å²) in [6, 6.07) is -3.01. The molecule has 4 aliphatic rings. The third-order valence-electron chi connectivity index (χ3n) is 5.30. The number of ether oxygens (including phenoxy) is 2. The Morgan fingerprint density at radius 2 is 2.50 bits per heavy atom. The van der Waals surface area contributed by atoms with Gasteiger partial charge in [0.15, 0.2) is 11.5 Å². The van der Waals surface area contributed by atoms with Gasteiger partial charge in [-0.15, -0.1) is 0 Å². The highest BCUT2D eigenvalue weighted by atomic mass is 16.5. The lowest BCUT2D eigenvalue weighted by molar-refractivity contribution is -0.0453. The molecule has 1 saturated heterocycles. The number of hydrogen-bond donors (Lipinski definition) is 1. The van der Waals surface area contributed by atoms with Crippen molar-refractivity contribution < 1.29 is 28.3 Å². The van der Waals surface area contributed by atoms with Crippen LogP contribution in [0.5, 0.6) is 11.5 Å². The molecule has 1 N–H and O–H groups in total. The monoisotopic (exact) mass is 309 g/mol. The largest absolute Gasteiger partial charge is 0.493 e. The van der Waals surface area contributed by atoms with Crippen LogP contribution in [0.1, 0.15) is 31.3 Å². The molecule has 116 valence electrons. The van der Waals surface area contributed by atoms with E-state index in [9.17, 15) is 7.85 Å². The third kappa shape index (κ3) is 1.28. The zero-order valence-corrected chi connectivity index (χ0v) is 11.6. The Labute approximate surface area is 144 Å². The predicted molar refractivity (Wildman–Crippen MR) is 82.5 cm³/mol. The molecule has 2 aliphatic heterocycles. The van der Waals surface area contributed by atoms with Gasteiger partial charge in [0.1, 0.15) is 12.2 Å². The zero-order valence-electron chi connectivity index (χ0n) is 21.6. The van der Waals surface area contributed by atoms with Crippen LogP contribution in [0.3, 0.4) is 0 Å². The summed E-state index contributed by atoms with van der Waals surface area (Å²) >= 11 is 0. The van der Waals surface area contributed by atoms with Gasteiger partial charge in [0.25, 0.3) is 0 Å². The molecule has 1 fully saturated rings. The minimum Gasteiger partial charge on any atom is -0.493 e. The second-order valence-corrected chi connectivity index (χ2v) is 6.16. The van der Waals surface area contributed by atoms with Crippen LogP contribution < -0.4 is 9.47 Å². The molecular formula is C18H21NO3. The van der Waals surface area contributed by atoms with E-state index in [0.717, 1.165) is 4.90 Å². The second kappa shape index (κ2) is 4.06. The van der Waals surface area contributed by atoms with Crippen molar-refractivity contribution in [1.29, 1.82) is 0 Å². The molecule has 22 heavy (non-hydrogen) atoms. The van der Waals surface area contributed by atoms with E-state index < -0.39 is 61.4 Å². The molecule has 4 nitrogen and oxygen atoms in total. The summed E-state index contributed by atoms with van der Waals surface area (Å²) in [6.45, 7) is -2.78. The van der Waals surface area contributed by atoms with Crippen molar-refractivity contribution in [2.24, 2.45) is 5.89 Å². The van der Waals surface area contributed by atoms with E-state index in [1.165, 1.54) is 12.2 Å². The SMILES string of the molecule is [2H]c1c([2H])c(OC([2H])([2H])[2H])c2c3c1C[C@@]1([2H])N(C([2H])([2H])[2H])CC[C@@]34C(O2)C(O)C=C[C@]41[2H]. The Morgan fingerprint density at radius 1 is 1.55 bits per heavy atom. The standard InChI is InChI=1S/C18H21NO3/c1-19-8-7-18-11-4-5-13(20)17(18)22-16-14(21-2)6-3-10(15(16)18)9-12(11)19/h3-6,11-13,17,20H,7-9H2,1-2H3/t11-,12+,13?,17?,18-/m0/s1/i1D3,2D3,3D,6D,11D,12D. The summed E-state index contributed by atoms with van der Waals surface area (Å²) in [4.78, 5) is 0.966. The minimum absolute atomic E-state index is 0.0194. The summed E-state index contributed by atoms with van der Waals surface area (Å²) < 4.78 is 92.9. The molecule has 2 heterocycles. The molecule has 2 aliphatic carbocycles. The highest BCUT2D eigenvalue weighted by Crippen LogP contribution is 2.62. The Bertz CT molecular complexity index is 1060. The topological polar surface area (TPSA) is 41.9 Å². The van der Waals surface area contributed by atoms with Crippen LogP contribution in [-0.4, -0.2) is 48.8 Å². The summed E-state index contributed by atoms with van der Waals surface area (Å²) in [5, 5.41) is 10.8. The van der Waals surface area contributed by atoms with E-state index >= 15 is 0 Å². The quantitative estimate of drug-likeness (QED) is 0.798. The lowest BCUT2D eigenvalue weighted by Crippen LogP contribution is -2.64. The van der Waals surface area contributed by atoms with Crippen LogP contribution >= 0.6 is 0 Å². The number of likely N-dealkylation sites (N-methyl/N-ethyl adjacent to an activating group) is 1. The molecular weight excluding hydrogens is 278 g/mol. The number of piperidine rings is 1. The fourth-order valence-electron chi connectivity index (χ4n) is 4.44. The highest BCUT2D eigenvalue weighted by Gasteiger charge is 2.64. The van der Waals surface area contributed by atoms with Gasteiger partial charge >= 0.3 is 0 Å². The molecule has 5 atom stereocenters. The molecule has 0 amide bonds. The number of likely N-dealkylation sites (tertiary alicyclic amines) is 1. The number of aliphatic hydroxyl groups excluding tert-OH is 1. The average molecular weight is 309 g/mol. The Morgan fingerprint density at radius 3 is 3.36 bits per heavy atom. The van der Waals surface area contributed by atoms with Gasteiger partial charge in [0, 0.05) is 29.7 Å². The number of nitrogens with zero attached hydrogens (tertiary/aromatic N) is 1. The first-order chi connectivity index (χ1) is 14.6. The van der Waals surface area contributed by atoms with Crippen LogP contribution in [0.2, 0.25) is 0 Å². The maximum absolute atomic E-state index is 10.8. The number of rotatable bonds is 1. The van der Waals surface area contributed by atoms with Crippen molar-refractivity contribution in [2.45, 2.75) is 36.5 Å². The van der Waals surface area contributed by atoms with E-state index in [4.69, 9.17) is 20.4 Å². The van der Waals surface area contributed by atoms with Crippen molar-refractivity contribution in [2.75, 3.05) is 20.6 Å². The van der Waals surface area contributed by atoms with Crippen molar-refractivity contribution in [1.82, 2.24) is 4.90 Å². The average Bonchev–Trinajstić information content (AvgIpc) is 2.98. The highest BCUT2D eigenvalue weighted by molar-refractivity contribution is 5.62. The van der Waals surface area contributed by atoms with Gasteiger partial charge < -0.3 is 19.5 Å². The van der Waals surface area contributed by atoms with E-state index in [2.05, 4.69) is 0 Å². The van der Waals surface area contributed by atoms with Gasteiger partial charge in [0.2, 0.25) is 0 Å². The fourth-order valence-corrected chi connectivity index (χ4v) is 4.44. The predicted octanol–water partition coefficient (Wildman–Crippen LogP) is 1.50.